The molecule has 8 heteroatoms. The minimum absolute atomic E-state index is 0.000277. The van der Waals surface area contributed by atoms with Crippen LogP contribution in [0.3, 0.4) is 0 Å². The van der Waals surface area contributed by atoms with Gasteiger partial charge in [0.2, 0.25) is 15.9 Å². The molecule has 24 heavy (non-hydrogen) atoms. The minimum atomic E-state index is -3.28. The first-order valence-corrected chi connectivity index (χ1v) is 10.4. The molecule has 1 aliphatic carbocycles. The number of hydrogen-bond acceptors (Lipinski definition) is 6. The van der Waals surface area contributed by atoms with Crippen molar-refractivity contribution in [3.05, 3.63) is 11.7 Å². The molecule has 0 spiro atoms. The third-order valence-electron chi connectivity index (χ3n) is 4.85. The molecule has 0 N–H and O–H groups in total. The Bertz CT molecular complexity index is 640. The lowest BCUT2D eigenvalue weighted by atomic mass is 10.1. The van der Waals surface area contributed by atoms with Gasteiger partial charge in [-0.1, -0.05) is 24.9 Å². The van der Waals surface area contributed by atoms with E-state index >= 15 is 0 Å². The number of rotatable bonds is 7. The van der Waals surface area contributed by atoms with Crippen molar-refractivity contribution in [1.82, 2.24) is 14.4 Å². The average molecular weight is 357 g/mol. The van der Waals surface area contributed by atoms with E-state index in [1.807, 2.05) is 6.92 Å². The first kappa shape index (κ1) is 17.8. The predicted molar refractivity (Wildman–Crippen MR) is 89.1 cm³/mol. The van der Waals surface area contributed by atoms with Crippen molar-refractivity contribution in [2.24, 2.45) is 5.92 Å². The zero-order valence-electron chi connectivity index (χ0n) is 14.5. The lowest BCUT2D eigenvalue weighted by Gasteiger charge is -2.20. The fourth-order valence-corrected chi connectivity index (χ4v) is 5.35. The summed E-state index contributed by atoms with van der Waals surface area (Å²) in [5.41, 5.74) is 0. The maximum atomic E-state index is 12.6. The normalized spacial score (nSPS) is 24.7. The molecular formula is C16H27N3O4S. The van der Waals surface area contributed by atoms with Crippen LogP contribution < -0.4 is 0 Å². The van der Waals surface area contributed by atoms with Crippen molar-refractivity contribution in [2.75, 3.05) is 25.4 Å². The van der Waals surface area contributed by atoms with Crippen LogP contribution in [0.4, 0.5) is 0 Å². The minimum Gasteiger partial charge on any atom is -0.378 e. The van der Waals surface area contributed by atoms with Gasteiger partial charge in [-0.2, -0.15) is 4.98 Å². The summed E-state index contributed by atoms with van der Waals surface area (Å²) in [6.45, 7) is 5.18. The maximum Gasteiger partial charge on any atom is 0.231 e. The lowest BCUT2D eigenvalue weighted by molar-refractivity contribution is 0.0411. The SMILES string of the molecule is Cc1noc(C2CCN(S(=O)(=O)CC(C)COC3CCCC3)C2)n1. The molecule has 7 nitrogen and oxygen atoms in total. The second-order valence-electron chi connectivity index (χ2n) is 7.15. The molecule has 3 rings (SSSR count). The summed E-state index contributed by atoms with van der Waals surface area (Å²) in [4.78, 5) is 4.22. The van der Waals surface area contributed by atoms with Crippen LogP contribution in [0.15, 0.2) is 4.52 Å². The third kappa shape index (κ3) is 4.34. The average Bonchev–Trinajstić information content (AvgIpc) is 3.26. The summed E-state index contributed by atoms with van der Waals surface area (Å²) in [5, 5.41) is 3.79. The van der Waals surface area contributed by atoms with Gasteiger partial charge in [-0.3, -0.25) is 0 Å². The number of aryl methyl sites for hydroxylation is 1. The molecular weight excluding hydrogens is 330 g/mol. The predicted octanol–water partition coefficient (Wildman–Crippen LogP) is 2.09. The summed E-state index contributed by atoms with van der Waals surface area (Å²) in [7, 11) is -3.28. The first-order chi connectivity index (χ1) is 11.4. The third-order valence-corrected chi connectivity index (χ3v) is 6.96. The van der Waals surface area contributed by atoms with Crippen LogP contribution in [-0.4, -0.2) is 54.4 Å². The summed E-state index contributed by atoms with van der Waals surface area (Å²) in [6.07, 6.45) is 5.72. The van der Waals surface area contributed by atoms with Crippen LogP contribution in [-0.2, 0) is 14.8 Å². The van der Waals surface area contributed by atoms with E-state index in [0.717, 1.165) is 19.3 Å². The number of sulfonamides is 1. The Morgan fingerprint density at radius 3 is 2.75 bits per heavy atom. The van der Waals surface area contributed by atoms with Gasteiger partial charge in [0.1, 0.15) is 0 Å². The topological polar surface area (TPSA) is 85.5 Å². The van der Waals surface area contributed by atoms with Gasteiger partial charge in [-0.25, -0.2) is 12.7 Å². The Morgan fingerprint density at radius 1 is 1.33 bits per heavy atom. The van der Waals surface area contributed by atoms with E-state index < -0.39 is 10.0 Å². The van der Waals surface area contributed by atoms with Crippen LogP contribution in [0.2, 0.25) is 0 Å². The molecule has 0 amide bonds. The van der Waals surface area contributed by atoms with Crippen molar-refractivity contribution >= 4 is 10.0 Å². The molecule has 0 radical (unpaired) electrons. The zero-order chi connectivity index (χ0) is 17.2. The van der Waals surface area contributed by atoms with E-state index in [-0.39, 0.29) is 17.6 Å². The highest BCUT2D eigenvalue weighted by Crippen LogP contribution is 2.28. The summed E-state index contributed by atoms with van der Waals surface area (Å²) >= 11 is 0. The van der Waals surface area contributed by atoms with Gasteiger partial charge in [0.15, 0.2) is 5.82 Å². The largest absolute Gasteiger partial charge is 0.378 e. The Kier molecular flexibility index (Phi) is 5.56. The molecule has 2 aliphatic rings. The van der Waals surface area contributed by atoms with E-state index in [4.69, 9.17) is 9.26 Å². The van der Waals surface area contributed by atoms with Gasteiger partial charge in [0.25, 0.3) is 0 Å². The number of hydrogen-bond donors (Lipinski definition) is 0. The molecule has 0 bridgehead atoms. The van der Waals surface area contributed by atoms with Gasteiger partial charge in [0, 0.05) is 13.1 Å². The first-order valence-electron chi connectivity index (χ1n) is 8.83. The van der Waals surface area contributed by atoms with Crippen LogP contribution in [0.25, 0.3) is 0 Å². The van der Waals surface area contributed by atoms with E-state index in [2.05, 4.69) is 10.1 Å². The Balaban J connectivity index is 1.49. The lowest BCUT2D eigenvalue weighted by Crippen LogP contribution is -2.34. The molecule has 2 fully saturated rings. The standard InChI is InChI=1S/C16H27N3O4S/c1-12(10-22-15-5-3-4-6-15)11-24(20,21)19-8-7-14(9-19)16-17-13(2)18-23-16/h12,14-15H,3-11H2,1-2H3. The van der Waals surface area contributed by atoms with Gasteiger partial charge in [-0.15, -0.1) is 0 Å². The highest BCUT2D eigenvalue weighted by molar-refractivity contribution is 7.89. The molecule has 2 unspecified atom stereocenters. The quantitative estimate of drug-likeness (QED) is 0.743. The van der Waals surface area contributed by atoms with Crippen molar-refractivity contribution in [2.45, 2.75) is 58.0 Å². The van der Waals surface area contributed by atoms with Crippen LogP contribution in [0.5, 0.6) is 0 Å². The summed E-state index contributed by atoms with van der Waals surface area (Å²) in [5.74, 6) is 1.27. The maximum absolute atomic E-state index is 12.6. The Labute approximate surface area is 143 Å². The Morgan fingerprint density at radius 2 is 2.08 bits per heavy atom. The highest BCUT2D eigenvalue weighted by atomic mass is 32.2. The highest BCUT2D eigenvalue weighted by Gasteiger charge is 2.35. The van der Waals surface area contributed by atoms with Crippen LogP contribution in [0, 0.1) is 12.8 Å². The molecule has 136 valence electrons. The smallest absolute Gasteiger partial charge is 0.231 e. The molecule has 2 heterocycles. The van der Waals surface area contributed by atoms with Gasteiger partial charge < -0.3 is 9.26 Å². The molecule has 1 aliphatic heterocycles. The summed E-state index contributed by atoms with van der Waals surface area (Å²) < 4.78 is 37.8. The second-order valence-corrected chi connectivity index (χ2v) is 9.16. The summed E-state index contributed by atoms with van der Waals surface area (Å²) in [6, 6.07) is 0. The molecule has 1 saturated heterocycles. The second kappa shape index (κ2) is 7.49. The number of ether oxygens (including phenoxy) is 1. The number of nitrogens with zero attached hydrogens (tertiary/aromatic N) is 3. The Hall–Kier alpha value is -0.990. The van der Waals surface area contributed by atoms with Crippen LogP contribution >= 0.6 is 0 Å². The van der Waals surface area contributed by atoms with Crippen molar-refractivity contribution in [3.63, 3.8) is 0 Å². The molecule has 1 aromatic heterocycles. The van der Waals surface area contributed by atoms with Gasteiger partial charge in [-0.05, 0) is 32.1 Å². The fourth-order valence-electron chi connectivity index (χ4n) is 3.53. The van der Waals surface area contributed by atoms with Crippen LogP contribution in [0.1, 0.15) is 56.7 Å². The van der Waals surface area contributed by atoms with Crippen molar-refractivity contribution < 1.29 is 17.7 Å². The number of aromatic nitrogens is 2. The van der Waals surface area contributed by atoms with E-state index in [1.54, 1.807) is 11.2 Å². The molecule has 1 saturated carbocycles. The van der Waals surface area contributed by atoms with E-state index in [1.165, 1.54) is 12.8 Å². The van der Waals surface area contributed by atoms with Crippen molar-refractivity contribution in [1.29, 1.82) is 0 Å². The van der Waals surface area contributed by atoms with Gasteiger partial charge in [0.05, 0.1) is 24.4 Å². The van der Waals surface area contributed by atoms with Crippen molar-refractivity contribution in [3.8, 4) is 0 Å². The van der Waals surface area contributed by atoms with E-state index in [9.17, 15) is 8.42 Å². The zero-order valence-corrected chi connectivity index (χ0v) is 15.3. The fraction of sp³-hybridized carbons (Fsp3) is 0.875. The van der Waals surface area contributed by atoms with Gasteiger partial charge >= 0.3 is 0 Å². The monoisotopic (exact) mass is 357 g/mol. The molecule has 0 aromatic carbocycles. The molecule has 1 aromatic rings. The van der Waals surface area contributed by atoms with E-state index in [0.29, 0.717) is 37.5 Å². The molecule has 2 atom stereocenters.